The van der Waals surface area contributed by atoms with E-state index in [1.165, 1.54) is 12.0 Å². The van der Waals surface area contributed by atoms with E-state index in [-0.39, 0.29) is 24.6 Å². The molecular formula is C40H49N5O8S. The smallest absolute Gasteiger partial charge is 0.411 e. The molecule has 0 aliphatic carbocycles. The van der Waals surface area contributed by atoms with Gasteiger partial charge in [-0.1, -0.05) is 31.2 Å². The Kier molecular flexibility index (Phi) is 12.7. The molecule has 54 heavy (non-hydrogen) atoms. The molecule has 14 heteroatoms. The lowest BCUT2D eigenvalue weighted by Gasteiger charge is -2.31. The number of hydrogen-bond acceptors (Lipinski definition) is 9. The molecule has 0 spiro atoms. The van der Waals surface area contributed by atoms with Gasteiger partial charge in [-0.05, 0) is 105 Å². The average Bonchev–Trinajstić information content (AvgIpc) is 3.12. The van der Waals surface area contributed by atoms with E-state index >= 15 is 0 Å². The summed E-state index contributed by atoms with van der Waals surface area (Å²) in [6, 6.07) is 17.2. The number of H-pyrrole nitrogens is 1. The van der Waals surface area contributed by atoms with E-state index < -0.39 is 40.8 Å². The molecular weight excluding hydrogens is 711 g/mol. The van der Waals surface area contributed by atoms with E-state index in [1.54, 1.807) is 70.4 Å². The number of amides is 2. The number of carbonyl (C=O) groups is 3. The molecule has 3 atom stereocenters. The number of aromatic amines is 1. The number of carbonyl (C=O) groups excluding carboxylic acids is 3. The first-order chi connectivity index (χ1) is 25.6. The number of nitrogens with zero attached hydrogens (tertiary/aromatic N) is 2. The maximum absolute atomic E-state index is 13.0. The molecule has 5 rings (SSSR count). The minimum absolute atomic E-state index is 0.0788. The number of anilines is 3. The number of nitrogens with one attached hydrogen (secondary N) is 3. The molecule has 2 amide bonds. The number of rotatable bonds is 11. The summed E-state index contributed by atoms with van der Waals surface area (Å²) in [7, 11) is 1.76. The Balaban J connectivity index is 1.26. The molecule has 2 heterocycles. The summed E-state index contributed by atoms with van der Waals surface area (Å²) in [6.45, 7) is 10.1. The fourth-order valence-corrected chi connectivity index (χ4v) is 7.73. The Bertz CT molecular complexity index is 2090. The zero-order valence-electron chi connectivity index (χ0n) is 31.8. The number of aryl methyl sites for hydroxylation is 1. The van der Waals surface area contributed by atoms with Crippen LogP contribution in [0.4, 0.5) is 26.7 Å². The number of esters is 1. The van der Waals surface area contributed by atoms with Gasteiger partial charge < -0.3 is 29.4 Å². The summed E-state index contributed by atoms with van der Waals surface area (Å²) in [4.78, 5) is 55.2. The van der Waals surface area contributed by atoms with Gasteiger partial charge in [-0.15, -0.1) is 0 Å². The van der Waals surface area contributed by atoms with Crippen LogP contribution < -0.4 is 20.5 Å². The predicted molar refractivity (Wildman–Crippen MR) is 211 cm³/mol. The number of fused-ring (bicyclic) bond motifs is 1. The topological polar surface area (TPSA) is 159 Å². The second kappa shape index (κ2) is 17.2. The second-order valence-electron chi connectivity index (χ2n) is 14.5. The Morgan fingerprint density at radius 2 is 1.78 bits per heavy atom. The molecule has 0 saturated carbocycles. The summed E-state index contributed by atoms with van der Waals surface area (Å²) in [5, 5.41) is 7.28. The molecule has 1 aromatic heterocycles. The molecule has 1 aliphatic heterocycles. The molecule has 1 fully saturated rings. The van der Waals surface area contributed by atoms with Crippen molar-refractivity contribution in [1.82, 2.24) is 9.88 Å². The van der Waals surface area contributed by atoms with Gasteiger partial charge in [0.2, 0.25) is 0 Å². The maximum atomic E-state index is 13.0. The summed E-state index contributed by atoms with van der Waals surface area (Å²) in [5.41, 5.74) is 4.07. The van der Waals surface area contributed by atoms with Crippen molar-refractivity contribution in [3.8, 4) is 0 Å². The highest BCUT2D eigenvalue weighted by Gasteiger charge is 2.26. The molecule has 0 bridgehead atoms. The quantitative estimate of drug-likeness (QED) is 0.107. The Labute approximate surface area is 317 Å². The van der Waals surface area contributed by atoms with E-state index in [2.05, 4.69) is 15.6 Å². The number of aromatic nitrogens is 1. The highest BCUT2D eigenvalue weighted by Crippen LogP contribution is 2.31. The third-order valence-corrected chi connectivity index (χ3v) is 10.5. The van der Waals surface area contributed by atoms with Crippen molar-refractivity contribution in [2.45, 2.75) is 71.6 Å². The normalized spacial score (nSPS) is 15.5. The highest BCUT2D eigenvalue weighted by molar-refractivity contribution is 7.86. The first-order valence-corrected chi connectivity index (χ1v) is 19.1. The van der Waals surface area contributed by atoms with Crippen molar-refractivity contribution in [2.75, 3.05) is 48.0 Å². The lowest BCUT2D eigenvalue weighted by molar-refractivity contribution is -0.141. The van der Waals surface area contributed by atoms with Crippen LogP contribution in [-0.4, -0.2) is 70.9 Å². The van der Waals surface area contributed by atoms with Gasteiger partial charge >= 0.3 is 18.2 Å². The van der Waals surface area contributed by atoms with Gasteiger partial charge in [0.1, 0.15) is 16.6 Å². The number of pyridine rings is 1. The van der Waals surface area contributed by atoms with Gasteiger partial charge in [0.05, 0.1) is 25.9 Å². The molecule has 3 unspecified atom stereocenters. The highest BCUT2D eigenvalue weighted by atomic mass is 32.2. The van der Waals surface area contributed by atoms with Crippen molar-refractivity contribution in [3.63, 3.8) is 0 Å². The third kappa shape index (κ3) is 9.98. The summed E-state index contributed by atoms with van der Waals surface area (Å²) >= 11 is 0. The molecule has 4 aromatic rings. The van der Waals surface area contributed by atoms with Crippen LogP contribution in [0, 0.1) is 6.92 Å². The monoisotopic (exact) mass is 759 g/mol. The average molecular weight is 760 g/mol. The molecule has 1 saturated heterocycles. The SMILES string of the molecule is COC(=O)C(Nc1ccc2cc[nH]c(=O)c2c1)c1ccc(C(C)COC(=O)Nc2ccc(N3CCCCS3=O)c(CN(C)C(=O)OC(C)(C)C)c2)c(C)c1. The zero-order valence-corrected chi connectivity index (χ0v) is 32.6. The van der Waals surface area contributed by atoms with Gasteiger partial charge in [0.15, 0.2) is 6.04 Å². The zero-order chi connectivity index (χ0) is 39.2. The van der Waals surface area contributed by atoms with Gasteiger partial charge in [0, 0.05) is 48.2 Å². The summed E-state index contributed by atoms with van der Waals surface area (Å²) in [6.07, 6.45) is 2.22. The van der Waals surface area contributed by atoms with Crippen molar-refractivity contribution in [3.05, 3.63) is 99.5 Å². The number of ether oxygens (including phenoxy) is 3. The first-order valence-electron chi connectivity index (χ1n) is 17.9. The fourth-order valence-electron chi connectivity index (χ4n) is 6.33. The lowest BCUT2D eigenvalue weighted by Crippen LogP contribution is -2.36. The van der Waals surface area contributed by atoms with Gasteiger partial charge in [-0.2, -0.15) is 0 Å². The molecule has 3 N–H and O–H groups in total. The Morgan fingerprint density at radius 1 is 1.02 bits per heavy atom. The van der Waals surface area contributed by atoms with E-state index in [9.17, 15) is 23.4 Å². The Hall–Kier alpha value is -5.37. The maximum Gasteiger partial charge on any atom is 0.411 e. The standard InChI is InChI=1S/C40H49N5O8S/c1-25-20-28(35(37(47)51-7)42-31-12-10-27-16-17-41-36(46)33(27)22-31)11-14-32(25)26(2)24-52-38(48)43-30-13-15-34(45-18-8-9-19-54(45)50)29(21-30)23-44(6)39(49)53-40(3,4)5/h10-17,20-22,26,35,42H,8-9,18-19,23-24H2,1-7H3,(H,41,46)(H,43,48). The van der Waals surface area contributed by atoms with E-state index in [4.69, 9.17) is 14.2 Å². The van der Waals surface area contributed by atoms with Gasteiger partial charge in [-0.3, -0.25) is 14.4 Å². The van der Waals surface area contributed by atoms with Crippen molar-refractivity contribution in [2.24, 2.45) is 0 Å². The summed E-state index contributed by atoms with van der Waals surface area (Å²) in [5.74, 6) is -0.115. The molecule has 3 aromatic carbocycles. The first kappa shape index (κ1) is 39.8. The van der Waals surface area contributed by atoms with Crippen LogP contribution in [0.5, 0.6) is 0 Å². The van der Waals surface area contributed by atoms with Crippen molar-refractivity contribution in [1.29, 1.82) is 0 Å². The predicted octanol–water partition coefficient (Wildman–Crippen LogP) is 7.15. The molecule has 0 radical (unpaired) electrons. The van der Waals surface area contributed by atoms with E-state index in [0.29, 0.717) is 40.2 Å². The lowest BCUT2D eigenvalue weighted by atomic mass is 9.93. The van der Waals surface area contributed by atoms with Crippen LogP contribution in [0.3, 0.4) is 0 Å². The number of hydrogen-bond donors (Lipinski definition) is 3. The fraction of sp³-hybridized carbons (Fsp3) is 0.400. The summed E-state index contributed by atoms with van der Waals surface area (Å²) < 4.78 is 31.1. The molecule has 1 aliphatic rings. The van der Waals surface area contributed by atoms with Crippen LogP contribution in [0.1, 0.15) is 74.8 Å². The second-order valence-corrected chi connectivity index (χ2v) is 16.0. The number of methoxy groups -OCH3 is 1. The largest absolute Gasteiger partial charge is 0.467 e. The molecule has 288 valence electrons. The van der Waals surface area contributed by atoms with Crippen LogP contribution >= 0.6 is 0 Å². The number of benzene rings is 3. The van der Waals surface area contributed by atoms with Crippen LogP contribution in [0.15, 0.2) is 71.7 Å². The molecule has 13 nitrogen and oxygen atoms in total. The van der Waals surface area contributed by atoms with E-state index in [1.807, 2.05) is 42.4 Å². The minimum atomic E-state index is -1.20. The third-order valence-electron chi connectivity index (χ3n) is 9.03. The van der Waals surface area contributed by atoms with Gasteiger partial charge in [0.25, 0.3) is 5.56 Å². The van der Waals surface area contributed by atoms with E-state index in [0.717, 1.165) is 35.0 Å². The van der Waals surface area contributed by atoms with Crippen molar-refractivity contribution < 1.29 is 32.8 Å². The van der Waals surface area contributed by atoms with Gasteiger partial charge in [-0.25, -0.2) is 18.6 Å². The van der Waals surface area contributed by atoms with Crippen LogP contribution in [-0.2, 0) is 36.5 Å². The minimum Gasteiger partial charge on any atom is -0.467 e. The Morgan fingerprint density at radius 3 is 2.48 bits per heavy atom. The van der Waals surface area contributed by atoms with Crippen LogP contribution in [0.2, 0.25) is 0 Å². The van der Waals surface area contributed by atoms with Crippen molar-refractivity contribution >= 4 is 57.0 Å². The van der Waals surface area contributed by atoms with Crippen LogP contribution in [0.25, 0.3) is 10.8 Å².